The number of carbonyl (C=O) groups excluding carboxylic acids is 1. The summed E-state index contributed by atoms with van der Waals surface area (Å²) in [6.45, 7) is 2.92. The summed E-state index contributed by atoms with van der Waals surface area (Å²) < 4.78 is 37.3. The van der Waals surface area contributed by atoms with E-state index in [1.165, 1.54) is 24.8 Å². The molecule has 208 valence electrons. The van der Waals surface area contributed by atoms with Crippen molar-refractivity contribution in [2.45, 2.75) is 44.7 Å². The van der Waals surface area contributed by atoms with Crippen LogP contribution in [-0.2, 0) is 23.4 Å². The molecule has 2 aromatic rings. The molecular weight excluding hydrogens is 637 g/mol. The molecule has 0 amide bonds. The van der Waals surface area contributed by atoms with Crippen LogP contribution in [0.15, 0.2) is 58.3 Å². The standard InChI is InChI=1S/C24H30N3O9PXe/c1-15(38)8-7-9-17-13-27(24(31)25-22(17)29)21-12-19(28)20(35-21)14-34-37(32,26-16(2)23(30)33-3)36-18-10-5-4-6-11-18/h4-11,13,16,19-21,28,38H,12,14H2,1-3H3,(H,26,32)(H,25,29,31)/t16-,19?,20+,21+,37?/m0/s1. The molecule has 12 nitrogen and oxygen atoms in total. The summed E-state index contributed by atoms with van der Waals surface area (Å²) in [6.07, 6.45) is 3.36. The molecule has 38 heavy (non-hydrogen) atoms. The first-order valence-corrected chi connectivity index (χ1v) is 14.2. The van der Waals surface area contributed by atoms with Gasteiger partial charge in [-0.05, 0) is 19.1 Å². The maximum atomic E-state index is 13.5. The van der Waals surface area contributed by atoms with Crippen molar-refractivity contribution in [3.05, 3.63) is 75.1 Å². The number of aromatic amines is 1. The first-order valence-electron chi connectivity index (χ1n) is 11.6. The minimum Gasteiger partial charge on any atom is -0.413 e. The Morgan fingerprint density at radius 3 is 2.74 bits per heavy atom. The molecule has 0 bridgehead atoms. The summed E-state index contributed by atoms with van der Waals surface area (Å²) in [5, 5.41) is 13.1. The monoisotopic (exact) mass is 667 g/mol. The Kier molecular flexibility index (Phi) is 11.4. The van der Waals surface area contributed by atoms with E-state index in [0.29, 0.717) is 0 Å². The fourth-order valence-corrected chi connectivity index (χ4v) is 5.21. The van der Waals surface area contributed by atoms with Crippen molar-refractivity contribution in [1.82, 2.24) is 14.6 Å². The molecule has 2 heterocycles. The van der Waals surface area contributed by atoms with E-state index in [4.69, 9.17) is 13.8 Å². The number of hydrogen-bond donors (Lipinski definition) is 3. The molecule has 1 aromatic carbocycles. The Bertz CT molecular complexity index is 1340. The fraction of sp³-hybridized carbons (Fsp3) is 0.375. The first-order chi connectivity index (χ1) is 18.0. The minimum atomic E-state index is -4.15. The van der Waals surface area contributed by atoms with Crippen molar-refractivity contribution in [2.24, 2.45) is 0 Å². The van der Waals surface area contributed by atoms with E-state index in [0.717, 1.165) is 0.0410 Å². The molecule has 1 fully saturated rings. The van der Waals surface area contributed by atoms with Gasteiger partial charge in [0.1, 0.15) is 11.8 Å². The molecule has 14 heteroatoms. The molecule has 1 saturated heterocycles. The van der Waals surface area contributed by atoms with Gasteiger partial charge in [-0.1, -0.05) is 18.2 Å². The number of rotatable bonds is 11. The summed E-state index contributed by atoms with van der Waals surface area (Å²) in [5.41, 5.74) is -1.05. The van der Waals surface area contributed by atoms with E-state index in [9.17, 15) is 24.1 Å². The molecule has 5 atom stereocenters. The van der Waals surface area contributed by atoms with Crippen LogP contribution >= 0.6 is 7.75 Å². The Morgan fingerprint density at radius 2 is 2.08 bits per heavy atom. The summed E-state index contributed by atoms with van der Waals surface area (Å²) in [5.74, 6) is -0.465. The number of aromatic nitrogens is 2. The number of para-hydroxylation sites is 1. The van der Waals surface area contributed by atoms with Crippen LogP contribution in [0.4, 0.5) is 0 Å². The van der Waals surface area contributed by atoms with E-state index in [1.54, 1.807) is 48.6 Å². The van der Waals surface area contributed by atoms with Gasteiger partial charge in [-0.3, -0.25) is 4.79 Å². The number of allylic oxidation sites excluding steroid dienone is 3. The molecule has 2 unspecified atom stereocenters. The number of methoxy groups -OCH3 is 1. The van der Waals surface area contributed by atoms with Crippen molar-refractivity contribution in [3.8, 4) is 5.75 Å². The first kappa shape index (κ1) is 30.8. The fourth-order valence-electron chi connectivity index (χ4n) is 3.50. The zero-order valence-corrected chi connectivity index (χ0v) is 24.0. The quantitative estimate of drug-likeness (QED) is 0.183. The number of nitrogens with one attached hydrogen (secondary N) is 2. The van der Waals surface area contributed by atoms with E-state index in [2.05, 4.69) is 61.3 Å². The number of benzene rings is 1. The Hall–Kier alpha value is -1.71. The number of H-pyrrole nitrogens is 1. The van der Waals surface area contributed by atoms with Crippen LogP contribution in [0.25, 0.3) is 6.08 Å². The molecule has 1 aromatic heterocycles. The van der Waals surface area contributed by atoms with Gasteiger partial charge in [0, 0.05) is 0 Å². The van der Waals surface area contributed by atoms with Crippen molar-refractivity contribution in [1.29, 1.82) is 0 Å². The molecule has 3 rings (SSSR count). The normalized spacial score (nSPS) is 22.3. The van der Waals surface area contributed by atoms with Crippen LogP contribution < -0.4 is 20.9 Å². The van der Waals surface area contributed by atoms with Gasteiger partial charge in [-0.25, -0.2) is 4.57 Å². The Balaban J connectivity index is 1.76. The molecule has 1 aliphatic rings. The molecule has 0 aliphatic carbocycles. The van der Waals surface area contributed by atoms with Gasteiger partial charge in [-0.15, -0.1) is 0 Å². The number of nitrogens with zero attached hydrogens (tertiary/aromatic N) is 1. The summed E-state index contributed by atoms with van der Waals surface area (Å²) in [4.78, 5) is 38.8. The second kappa shape index (κ2) is 14.1. The number of aliphatic hydroxyl groups is 1. The van der Waals surface area contributed by atoms with Crippen LogP contribution in [0, 0.1) is 46.5 Å². The third-order valence-corrected chi connectivity index (χ3v) is 7.40. The zero-order chi connectivity index (χ0) is 27.9. The Labute approximate surface area is 251 Å². The molecule has 3 N–H and O–H groups in total. The van der Waals surface area contributed by atoms with Crippen molar-refractivity contribution in [3.63, 3.8) is 0 Å². The third kappa shape index (κ3) is 8.65. The number of esters is 1. The van der Waals surface area contributed by atoms with Crippen molar-refractivity contribution < 1.29 is 79.5 Å². The zero-order valence-electron chi connectivity index (χ0n) is 20.9. The number of carbonyl (C=O) groups is 1. The van der Waals surface area contributed by atoms with Crippen LogP contribution in [0.5, 0.6) is 5.75 Å². The Morgan fingerprint density at radius 1 is 1.37 bits per heavy atom. The van der Waals surface area contributed by atoms with Gasteiger partial charge in [-0.2, -0.15) is 5.09 Å². The maximum absolute atomic E-state index is 13.5. The van der Waals surface area contributed by atoms with Crippen LogP contribution in [0.1, 0.15) is 32.1 Å². The summed E-state index contributed by atoms with van der Waals surface area (Å²) in [6, 6.07) is 7.17. The van der Waals surface area contributed by atoms with Crippen LogP contribution in [-0.4, -0.2) is 52.6 Å². The van der Waals surface area contributed by atoms with Gasteiger partial charge in [0.15, 0.2) is 0 Å². The third-order valence-electron chi connectivity index (χ3n) is 5.40. The van der Waals surface area contributed by atoms with Crippen molar-refractivity contribution in [2.75, 3.05) is 13.7 Å². The predicted octanol–water partition coefficient (Wildman–Crippen LogP) is 1.74. The molecule has 0 saturated carbocycles. The topological polar surface area (TPSA) is 158 Å². The second-order valence-corrected chi connectivity index (χ2v) is 11.8. The smallest absolute Gasteiger partial charge is 0.130 e. The molecule has 1 aliphatic heterocycles. The maximum Gasteiger partial charge on any atom is 0.130 e. The van der Waals surface area contributed by atoms with Crippen LogP contribution in [0.3, 0.4) is 0 Å². The van der Waals surface area contributed by atoms with E-state index in [1.807, 2.05) is 6.92 Å². The molecule has 0 spiro atoms. The van der Waals surface area contributed by atoms with E-state index < -0.39 is 56.0 Å². The van der Waals surface area contributed by atoms with Gasteiger partial charge < -0.3 is 9.26 Å². The van der Waals surface area contributed by atoms with Gasteiger partial charge in [0.2, 0.25) is 0 Å². The molecular formula is C24H30N3O9PXe. The predicted molar refractivity (Wildman–Crippen MR) is 135 cm³/mol. The second-order valence-electron chi connectivity index (χ2n) is 8.37. The van der Waals surface area contributed by atoms with Crippen molar-refractivity contribution >= 4 is 19.8 Å². The van der Waals surface area contributed by atoms with Crippen LogP contribution in [0.2, 0.25) is 0 Å². The van der Waals surface area contributed by atoms with E-state index >= 15 is 0 Å². The van der Waals surface area contributed by atoms with Gasteiger partial charge in [0.05, 0.1) is 7.11 Å². The minimum absolute atomic E-state index is 0.00568. The summed E-state index contributed by atoms with van der Waals surface area (Å²) in [7, 11) is -2.96. The SMILES string of the molecule is COC(=O)[C@H](C)NP(=O)(OC[C@H]1O[C@@H](n2cc(C=CC=C(C)[XeH])c(=O)[nH]c2=O)CC1O)Oc1ccccc1. The number of hydrogen-bond acceptors (Lipinski definition) is 9. The van der Waals surface area contributed by atoms with Gasteiger partial charge in [0.25, 0.3) is 0 Å². The summed E-state index contributed by atoms with van der Waals surface area (Å²) >= 11 is 2.12. The molecule has 0 radical (unpaired) electrons. The average molecular weight is 667 g/mol. The number of aliphatic hydroxyl groups excluding tert-OH is 1. The number of ether oxygens (including phenoxy) is 2. The largest absolute Gasteiger partial charge is 0.413 e. The average Bonchev–Trinajstić information content (AvgIpc) is 3.24. The van der Waals surface area contributed by atoms with E-state index in [-0.39, 0.29) is 17.7 Å². The van der Waals surface area contributed by atoms with Gasteiger partial charge >= 0.3 is 173 Å².